The van der Waals surface area contributed by atoms with Gasteiger partial charge in [0.1, 0.15) is 0 Å². The zero-order valence-electron chi connectivity index (χ0n) is 11.2. The van der Waals surface area contributed by atoms with Gasteiger partial charge in [0.05, 0.1) is 0 Å². The molecular formula is C14H26N2O. The molecule has 1 amide bonds. The molecule has 98 valence electrons. The number of hydrogen-bond donors (Lipinski definition) is 1. The zero-order chi connectivity index (χ0) is 12.3. The van der Waals surface area contributed by atoms with E-state index in [1.807, 2.05) is 0 Å². The van der Waals surface area contributed by atoms with E-state index in [1.165, 1.54) is 25.7 Å². The lowest BCUT2D eigenvalue weighted by molar-refractivity contribution is -0.137. The van der Waals surface area contributed by atoms with Gasteiger partial charge in [0.25, 0.3) is 0 Å². The molecule has 2 saturated heterocycles. The van der Waals surface area contributed by atoms with Crippen LogP contribution >= 0.6 is 0 Å². The van der Waals surface area contributed by atoms with Gasteiger partial charge in [-0.25, -0.2) is 0 Å². The molecule has 0 spiro atoms. The fourth-order valence-corrected chi connectivity index (χ4v) is 3.22. The minimum absolute atomic E-state index is 0.201. The summed E-state index contributed by atoms with van der Waals surface area (Å²) >= 11 is 0. The van der Waals surface area contributed by atoms with E-state index in [1.54, 1.807) is 0 Å². The van der Waals surface area contributed by atoms with Gasteiger partial charge in [-0.15, -0.1) is 0 Å². The molecule has 1 N–H and O–H groups in total. The summed E-state index contributed by atoms with van der Waals surface area (Å²) in [4.78, 5) is 14.5. The largest absolute Gasteiger partial charge is 0.339 e. The van der Waals surface area contributed by atoms with Gasteiger partial charge in [-0.1, -0.05) is 13.8 Å². The van der Waals surface area contributed by atoms with E-state index in [0.717, 1.165) is 26.1 Å². The molecule has 3 atom stereocenters. The highest BCUT2D eigenvalue weighted by molar-refractivity contribution is 5.79. The van der Waals surface area contributed by atoms with Gasteiger partial charge in [0.15, 0.2) is 0 Å². The quantitative estimate of drug-likeness (QED) is 0.816. The fraction of sp³-hybridized carbons (Fsp3) is 0.929. The summed E-state index contributed by atoms with van der Waals surface area (Å²) in [5.41, 5.74) is 0. The molecule has 0 saturated carbocycles. The first kappa shape index (κ1) is 12.9. The number of carbonyl (C=O) groups excluding carboxylic acids is 1. The first-order valence-electron chi connectivity index (χ1n) is 7.25. The number of carbonyl (C=O) groups is 1. The van der Waals surface area contributed by atoms with Crippen LogP contribution in [0.4, 0.5) is 0 Å². The Bertz CT molecular complexity index is 261. The predicted octanol–water partition coefficient (Wildman–Crippen LogP) is 2.02. The molecule has 2 aliphatic heterocycles. The molecule has 3 heteroatoms. The number of piperidine rings is 1. The van der Waals surface area contributed by atoms with Crippen molar-refractivity contribution in [2.24, 2.45) is 11.8 Å². The molecule has 0 aliphatic carbocycles. The van der Waals surface area contributed by atoms with E-state index in [-0.39, 0.29) is 5.92 Å². The molecule has 2 rings (SSSR count). The van der Waals surface area contributed by atoms with Crippen LogP contribution in [0, 0.1) is 11.8 Å². The molecule has 2 fully saturated rings. The van der Waals surface area contributed by atoms with Crippen LogP contribution in [0.2, 0.25) is 0 Å². The Balaban J connectivity index is 1.98. The predicted molar refractivity (Wildman–Crippen MR) is 69.8 cm³/mol. The third-order valence-electron chi connectivity index (χ3n) is 4.50. The van der Waals surface area contributed by atoms with Crippen molar-refractivity contribution in [1.29, 1.82) is 0 Å². The van der Waals surface area contributed by atoms with Crippen LogP contribution in [0.25, 0.3) is 0 Å². The Hall–Kier alpha value is -0.570. The van der Waals surface area contributed by atoms with Crippen molar-refractivity contribution in [3.63, 3.8) is 0 Å². The molecule has 0 aromatic heterocycles. The highest BCUT2D eigenvalue weighted by Gasteiger charge is 2.36. The zero-order valence-corrected chi connectivity index (χ0v) is 11.2. The lowest BCUT2D eigenvalue weighted by Crippen LogP contribution is -2.47. The van der Waals surface area contributed by atoms with E-state index < -0.39 is 0 Å². The summed E-state index contributed by atoms with van der Waals surface area (Å²) in [5.74, 6) is 1.28. The van der Waals surface area contributed by atoms with Gasteiger partial charge in [0.2, 0.25) is 5.91 Å². The van der Waals surface area contributed by atoms with E-state index in [4.69, 9.17) is 0 Å². The Morgan fingerprint density at radius 1 is 1.41 bits per heavy atom. The fourth-order valence-electron chi connectivity index (χ4n) is 3.22. The summed E-state index contributed by atoms with van der Waals surface area (Å²) in [7, 11) is 0. The SMILES string of the molecule is CCC(C)C(=O)N1CCCC1C1CCCNC1. The molecule has 0 radical (unpaired) electrons. The van der Waals surface area contributed by atoms with Crippen molar-refractivity contribution >= 4 is 5.91 Å². The topological polar surface area (TPSA) is 32.3 Å². The van der Waals surface area contributed by atoms with E-state index >= 15 is 0 Å². The maximum Gasteiger partial charge on any atom is 0.225 e. The molecular weight excluding hydrogens is 212 g/mol. The number of amides is 1. The molecule has 3 unspecified atom stereocenters. The molecule has 3 nitrogen and oxygen atoms in total. The van der Waals surface area contributed by atoms with Crippen molar-refractivity contribution < 1.29 is 4.79 Å². The summed E-state index contributed by atoms with van der Waals surface area (Å²) < 4.78 is 0. The van der Waals surface area contributed by atoms with Crippen LogP contribution < -0.4 is 5.32 Å². The smallest absolute Gasteiger partial charge is 0.225 e. The van der Waals surface area contributed by atoms with Crippen molar-refractivity contribution in [2.75, 3.05) is 19.6 Å². The lowest BCUT2D eigenvalue weighted by atomic mass is 9.89. The second-order valence-corrected chi connectivity index (χ2v) is 5.66. The second-order valence-electron chi connectivity index (χ2n) is 5.66. The Morgan fingerprint density at radius 3 is 2.88 bits per heavy atom. The third kappa shape index (κ3) is 2.82. The average molecular weight is 238 g/mol. The Kier molecular flexibility index (Phi) is 4.43. The van der Waals surface area contributed by atoms with Crippen LogP contribution in [0.5, 0.6) is 0 Å². The molecule has 0 aromatic carbocycles. The highest BCUT2D eigenvalue weighted by atomic mass is 16.2. The van der Waals surface area contributed by atoms with Crippen LogP contribution in [-0.4, -0.2) is 36.5 Å². The van der Waals surface area contributed by atoms with Gasteiger partial charge < -0.3 is 10.2 Å². The molecule has 0 aromatic rings. The van der Waals surface area contributed by atoms with Gasteiger partial charge in [0, 0.05) is 18.5 Å². The molecule has 2 heterocycles. The molecule has 17 heavy (non-hydrogen) atoms. The first-order chi connectivity index (χ1) is 8.24. The summed E-state index contributed by atoms with van der Waals surface area (Å²) in [6.45, 7) is 7.43. The lowest BCUT2D eigenvalue weighted by Gasteiger charge is -2.35. The summed E-state index contributed by atoms with van der Waals surface area (Å²) in [5, 5.41) is 3.48. The van der Waals surface area contributed by atoms with Crippen LogP contribution in [0.1, 0.15) is 46.0 Å². The number of rotatable bonds is 3. The number of hydrogen-bond acceptors (Lipinski definition) is 2. The first-order valence-corrected chi connectivity index (χ1v) is 7.25. The minimum Gasteiger partial charge on any atom is -0.339 e. The highest BCUT2D eigenvalue weighted by Crippen LogP contribution is 2.29. The standard InChI is InChI=1S/C14H26N2O/c1-3-11(2)14(17)16-9-5-7-13(16)12-6-4-8-15-10-12/h11-13,15H,3-10H2,1-2H3. The number of nitrogens with one attached hydrogen (secondary N) is 1. The Morgan fingerprint density at radius 2 is 2.24 bits per heavy atom. The van der Waals surface area contributed by atoms with Gasteiger partial charge in [-0.05, 0) is 51.1 Å². The number of nitrogens with zero attached hydrogens (tertiary/aromatic N) is 1. The summed E-state index contributed by atoms with van der Waals surface area (Å²) in [6, 6.07) is 0.518. The van der Waals surface area contributed by atoms with Crippen molar-refractivity contribution in [2.45, 2.75) is 52.0 Å². The summed E-state index contributed by atoms with van der Waals surface area (Å²) in [6.07, 6.45) is 5.94. The van der Waals surface area contributed by atoms with Gasteiger partial charge in [-0.2, -0.15) is 0 Å². The third-order valence-corrected chi connectivity index (χ3v) is 4.50. The second kappa shape index (κ2) is 5.85. The van der Waals surface area contributed by atoms with Crippen LogP contribution in [0.3, 0.4) is 0 Å². The van der Waals surface area contributed by atoms with E-state index in [2.05, 4.69) is 24.1 Å². The minimum atomic E-state index is 0.201. The van der Waals surface area contributed by atoms with Crippen molar-refractivity contribution in [3.05, 3.63) is 0 Å². The molecule has 2 aliphatic rings. The van der Waals surface area contributed by atoms with Gasteiger partial charge in [-0.3, -0.25) is 4.79 Å². The monoisotopic (exact) mass is 238 g/mol. The maximum atomic E-state index is 12.3. The Labute approximate surface area is 105 Å². The van der Waals surface area contributed by atoms with Crippen molar-refractivity contribution in [1.82, 2.24) is 10.2 Å². The van der Waals surface area contributed by atoms with Gasteiger partial charge >= 0.3 is 0 Å². The van der Waals surface area contributed by atoms with E-state index in [0.29, 0.717) is 17.9 Å². The average Bonchev–Trinajstić information content (AvgIpc) is 2.87. The molecule has 0 bridgehead atoms. The van der Waals surface area contributed by atoms with Crippen molar-refractivity contribution in [3.8, 4) is 0 Å². The normalized spacial score (nSPS) is 31.5. The number of likely N-dealkylation sites (tertiary alicyclic amines) is 1. The van der Waals surface area contributed by atoms with Crippen LogP contribution in [0.15, 0.2) is 0 Å². The van der Waals surface area contributed by atoms with Crippen LogP contribution in [-0.2, 0) is 4.79 Å². The maximum absolute atomic E-state index is 12.3. The van der Waals surface area contributed by atoms with E-state index in [9.17, 15) is 4.79 Å².